The van der Waals surface area contributed by atoms with E-state index in [0.717, 1.165) is 26.4 Å². The van der Waals surface area contributed by atoms with Gasteiger partial charge in [0.15, 0.2) is 0 Å². The first-order chi connectivity index (χ1) is 12.5. The predicted octanol–water partition coefficient (Wildman–Crippen LogP) is 5.25. The topological polar surface area (TPSA) is 54.9 Å². The minimum absolute atomic E-state index is 0.0719. The maximum atomic E-state index is 12.0. The Morgan fingerprint density at radius 2 is 1.77 bits per heavy atom. The van der Waals surface area contributed by atoms with Crippen LogP contribution in [0.1, 0.15) is 11.1 Å². The molecule has 0 unspecified atom stereocenters. The molecule has 2 aromatic carbocycles. The van der Waals surface area contributed by atoms with Gasteiger partial charge in [-0.15, -0.1) is 10.2 Å². The van der Waals surface area contributed by atoms with Gasteiger partial charge in [-0.3, -0.25) is 4.79 Å². The van der Waals surface area contributed by atoms with Gasteiger partial charge in [-0.1, -0.05) is 39.8 Å². The molecule has 6 heteroatoms. The SMILES string of the molecule is Cc1ccc(-c2ccc(SCC(=O)Nc3ccc(Br)cc3)nn2)cc1C. The standard InChI is InChI=1S/C20H18BrN3OS/c1-13-3-4-15(11-14(13)2)18-9-10-20(24-23-18)26-12-19(25)22-17-7-5-16(21)6-8-17/h3-11H,12H2,1-2H3,(H,22,25). The lowest BCUT2D eigenvalue weighted by atomic mass is 10.0. The zero-order valence-corrected chi connectivity index (χ0v) is 16.9. The molecular formula is C20H18BrN3OS. The van der Waals surface area contributed by atoms with Crippen molar-refractivity contribution >= 4 is 39.3 Å². The third-order valence-electron chi connectivity index (χ3n) is 3.92. The van der Waals surface area contributed by atoms with Crippen LogP contribution in [0.25, 0.3) is 11.3 Å². The Kier molecular flexibility index (Phi) is 6.06. The Hall–Kier alpha value is -2.18. The molecule has 1 aromatic heterocycles. The van der Waals surface area contributed by atoms with Crippen molar-refractivity contribution in [1.29, 1.82) is 0 Å². The second kappa shape index (κ2) is 8.47. The quantitative estimate of drug-likeness (QED) is 0.564. The normalized spacial score (nSPS) is 10.6. The summed E-state index contributed by atoms with van der Waals surface area (Å²) in [5.41, 5.74) is 5.13. The summed E-state index contributed by atoms with van der Waals surface area (Å²) in [5.74, 6) is 0.214. The molecular weight excluding hydrogens is 410 g/mol. The summed E-state index contributed by atoms with van der Waals surface area (Å²) >= 11 is 4.74. The highest BCUT2D eigenvalue weighted by atomic mass is 79.9. The molecule has 26 heavy (non-hydrogen) atoms. The third-order valence-corrected chi connectivity index (χ3v) is 5.37. The van der Waals surface area contributed by atoms with Crippen LogP contribution in [-0.2, 0) is 4.79 Å². The Morgan fingerprint density at radius 1 is 1.00 bits per heavy atom. The van der Waals surface area contributed by atoms with Crippen LogP contribution in [0.15, 0.2) is 64.1 Å². The van der Waals surface area contributed by atoms with Crippen LogP contribution in [-0.4, -0.2) is 21.9 Å². The summed E-state index contributed by atoms with van der Waals surface area (Å²) in [6.45, 7) is 4.17. The Balaban J connectivity index is 1.58. The molecule has 1 amide bonds. The lowest BCUT2D eigenvalue weighted by Gasteiger charge is -2.06. The smallest absolute Gasteiger partial charge is 0.234 e. The van der Waals surface area contributed by atoms with Crippen molar-refractivity contribution in [3.63, 3.8) is 0 Å². The van der Waals surface area contributed by atoms with E-state index in [1.165, 1.54) is 22.9 Å². The number of aryl methyl sites for hydroxylation is 2. The average molecular weight is 428 g/mol. The van der Waals surface area contributed by atoms with E-state index in [2.05, 4.69) is 57.4 Å². The lowest BCUT2D eigenvalue weighted by molar-refractivity contribution is -0.113. The molecule has 3 rings (SSSR count). The number of nitrogens with zero attached hydrogens (tertiary/aromatic N) is 2. The number of aromatic nitrogens is 2. The zero-order valence-electron chi connectivity index (χ0n) is 14.5. The first-order valence-corrected chi connectivity index (χ1v) is 9.89. The number of rotatable bonds is 5. The zero-order chi connectivity index (χ0) is 18.5. The van der Waals surface area contributed by atoms with E-state index in [9.17, 15) is 4.79 Å². The first kappa shape index (κ1) is 18.6. The highest BCUT2D eigenvalue weighted by Crippen LogP contribution is 2.22. The van der Waals surface area contributed by atoms with Crippen LogP contribution in [0.4, 0.5) is 5.69 Å². The number of carbonyl (C=O) groups is 1. The Labute approximate surface area is 165 Å². The van der Waals surface area contributed by atoms with Gasteiger partial charge in [-0.25, -0.2) is 0 Å². The molecule has 132 valence electrons. The predicted molar refractivity (Wildman–Crippen MR) is 110 cm³/mol. The van der Waals surface area contributed by atoms with E-state index >= 15 is 0 Å². The van der Waals surface area contributed by atoms with Crippen LogP contribution in [0.3, 0.4) is 0 Å². The van der Waals surface area contributed by atoms with Crippen LogP contribution < -0.4 is 5.32 Å². The van der Waals surface area contributed by atoms with Crippen LogP contribution >= 0.6 is 27.7 Å². The highest BCUT2D eigenvalue weighted by molar-refractivity contribution is 9.10. The molecule has 0 fully saturated rings. The molecule has 4 nitrogen and oxygen atoms in total. The van der Waals surface area contributed by atoms with Crippen LogP contribution in [0.5, 0.6) is 0 Å². The van der Waals surface area contributed by atoms with Crippen molar-refractivity contribution in [1.82, 2.24) is 10.2 Å². The van der Waals surface area contributed by atoms with Gasteiger partial charge in [0.05, 0.1) is 11.4 Å². The summed E-state index contributed by atoms with van der Waals surface area (Å²) < 4.78 is 0.976. The van der Waals surface area contributed by atoms with Gasteiger partial charge in [0, 0.05) is 15.7 Å². The van der Waals surface area contributed by atoms with Crippen LogP contribution in [0, 0.1) is 13.8 Å². The second-order valence-corrected chi connectivity index (χ2v) is 7.81. The molecule has 0 aliphatic heterocycles. The number of anilines is 1. The molecule has 0 bridgehead atoms. The number of amides is 1. The average Bonchev–Trinajstić information content (AvgIpc) is 2.65. The fourth-order valence-electron chi connectivity index (χ4n) is 2.32. The summed E-state index contributed by atoms with van der Waals surface area (Å²) in [4.78, 5) is 12.0. The summed E-state index contributed by atoms with van der Waals surface area (Å²) in [5, 5.41) is 12.1. The van der Waals surface area contributed by atoms with E-state index in [-0.39, 0.29) is 11.7 Å². The molecule has 0 atom stereocenters. The van der Waals surface area contributed by atoms with Crippen molar-refractivity contribution in [2.75, 3.05) is 11.1 Å². The second-order valence-electron chi connectivity index (χ2n) is 5.90. The molecule has 0 saturated heterocycles. The maximum Gasteiger partial charge on any atom is 0.234 e. The minimum Gasteiger partial charge on any atom is -0.325 e. The number of thioether (sulfide) groups is 1. The molecule has 0 aliphatic rings. The molecule has 1 N–H and O–H groups in total. The monoisotopic (exact) mass is 427 g/mol. The molecule has 0 radical (unpaired) electrons. The van der Waals surface area contributed by atoms with Crippen molar-refractivity contribution in [2.24, 2.45) is 0 Å². The van der Waals surface area contributed by atoms with Gasteiger partial charge >= 0.3 is 0 Å². The van der Waals surface area contributed by atoms with Crippen molar-refractivity contribution < 1.29 is 4.79 Å². The fourth-order valence-corrected chi connectivity index (χ4v) is 3.20. The van der Waals surface area contributed by atoms with Gasteiger partial charge in [-0.2, -0.15) is 0 Å². The lowest BCUT2D eigenvalue weighted by Crippen LogP contribution is -2.14. The van der Waals surface area contributed by atoms with E-state index < -0.39 is 0 Å². The van der Waals surface area contributed by atoms with Gasteiger partial charge in [0.1, 0.15) is 5.03 Å². The van der Waals surface area contributed by atoms with Gasteiger partial charge in [-0.05, 0) is 67.4 Å². The highest BCUT2D eigenvalue weighted by Gasteiger charge is 2.07. The largest absolute Gasteiger partial charge is 0.325 e. The van der Waals surface area contributed by atoms with Crippen LogP contribution in [0.2, 0.25) is 0 Å². The maximum absolute atomic E-state index is 12.0. The number of hydrogen-bond donors (Lipinski definition) is 1. The van der Waals surface area contributed by atoms with E-state index in [1.54, 1.807) is 0 Å². The summed E-state index contributed by atoms with van der Waals surface area (Å²) in [6, 6.07) is 17.6. The molecule has 0 saturated carbocycles. The van der Waals surface area contributed by atoms with Gasteiger partial charge in [0.2, 0.25) is 5.91 Å². The molecule has 0 aliphatic carbocycles. The van der Waals surface area contributed by atoms with E-state index in [0.29, 0.717) is 0 Å². The van der Waals surface area contributed by atoms with Gasteiger partial charge in [0.25, 0.3) is 0 Å². The van der Waals surface area contributed by atoms with Crippen molar-refractivity contribution in [3.8, 4) is 11.3 Å². The first-order valence-electron chi connectivity index (χ1n) is 8.11. The number of carbonyl (C=O) groups excluding carboxylic acids is 1. The number of hydrogen-bond acceptors (Lipinski definition) is 4. The Morgan fingerprint density at radius 3 is 2.42 bits per heavy atom. The molecule has 1 heterocycles. The summed E-state index contributed by atoms with van der Waals surface area (Å²) in [7, 11) is 0. The number of benzene rings is 2. The molecule has 3 aromatic rings. The number of halogens is 1. The van der Waals surface area contributed by atoms with Crippen molar-refractivity contribution in [3.05, 3.63) is 70.2 Å². The van der Waals surface area contributed by atoms with E-state index in [1.807, 2.05) is 42.5 Å². The summed E-state index contributed by atoms with van der Waals surface area (Å²) in [6.07, 6.45) is 0. The number of nitrogens with one attached hydrogen (secondary N) is 1. The van der Waals surface area contributed by atoms with E-state index in [4.69, 9.17) is 0 Å². The minimum atomic E-state index is -0.0719. The fraction of sp³-hybridized carbons (Fsp3) is 0.150. The van der Waals surface area contributed by atoms with Crippen molar-refractivity contribution in [2.45, 2.75) is 18.9 Å². The third kappa shape index (κ3) is 4.93. The van der Waals surface area contributed by atoms with Gasteiger partial charge < -0.3 is 5.32 Å². The Bertz CT molecular complexity index is 911. The molecule has 0 spiro atoms.